The van der Waals surface area contributed by atoms with E-state index >= 15 is 0 Å². The number of rotatable bonds is 1. The summed E-state index contributed by atoms with van der Waals surface area (Å²) in [6, 6.07) is 6.82. The van der Waals surface area contributed by atoms with E-state index in [1.807, 2.05) is 0 Å². The summed E-state index contributed by atoms with van der Waals surface area (Å²) in [4.78, 5) is 0. The van der Waals surface area contributed by atoms with Crippen LogP contribution in [0, 0.1) is 0 Å². The van der Waals surface area contributed by atoms with Crippen LogP contribution in [0.5, 0.6) is 0 Å². The van der Waals surface area contributed by atoms with Gasteiger partial charge in [0.05, 0.1) is 2.87 Å². The van der Waals surface area contributed by atoms with E-state index in [0.29, 0.717) is 0 Å². The van der Waals surface area contributed by atoms with Gasteiger partial charge < -0.3 is 0 Å². The first-order valence-corrected chi connectivity index (χ1v) is 6.58. The van der Waals surface area contributed by atoms with Crippen LogP contribution in [0.25, 0.3) is 0 Å². The highest BCUT2D eigenvalue weighted by atomic mass is 127. The molecule has 72 valence electrons. The fourth-order valence-electron chi connectivity index (χ4n) is 2.97. The Kier molecular flexibility index (Phi) is 2.17. The molecule has 2 aliphatic carbocycles. The molecule has 0 spiro atoms. The van der Waals surface area contributed by atoms with Crippen LogP contribution in [0.3, 0.4) is 0 Å². The maximum Gasteiger partial charge on any atom is 0.0832 e. The van der Waals surface area contributed by atoms with Crippen LogP contribution in [-0.4, -0.2) is 2.87 Å². The second kappa shape index (κ2) is 3.27. The van der Waals surface area contributed by atoms with Gasteiger partial charge in [-0.1, -0.05) is 24.4 Å². The van der Waals surface area contributed by atoms with E-state index in [1.54, 1.807) is 11.1 Å². The van der Waals surface area contributed by atoms with E-state index in [2.05, 4.69) is 40.8 Å². The van der Waals surface area contributed by atoms with Gasteiger partial charge in [0.1, 0.15) is 0 Å². The molecular weight excluding hydrogens is 303 g/mol. The third-order valence-electron chi connectivity index (χ3n) is 3.63. The number of hydrogen-bond donors (Lipinski definition) is 0. The molecule has 3 rings (SSSR count). The summed E-state index contributed by atoms with van der Waals surface area (Å²) in [5.74, 6) is 1.72. The van der Waals surface area contributed by atoms with Crippen LogP contribution in [0.1, 0.15) is 47.8 Å². The fourth-order valence-corrected chi connectivity index (χ4v) is 3.43. The molecule has 1 aromatic rings. The van der Waals surface area contributed by atoms with Gasteiger partial charge in [-0.25, -0.2) is 0 Å². The van der Waals surface area contributed by atoms with E-state index in [4.69, 9.17) is 12.2 Å². The van der Waals surface area contributed by atoms with Crippen molar-refractivity contribution in [2.75, 3.05) is 0 Å². The Bertz CT molecular complexity index is 411. The molecule has 0 saturated heterocycles. The number of thiocarbonyl (C=S) groups is 1. The highest BCUT2D eigenvalue weighted by Gasteiger charge is 2.36. The monoisotopic (exact) mass is 314 g/mol. The lowest BCUT2D eigenvalue weighted by atomic mass is 9.91. The first-order chi connectivity index (χ1) is 6.75. The van der Waals surface area contributed by atoms with Gasteiger partial charge in [-0.05, 0) is 76.4 Å². The Labute approximate surface area is 103 Å². The van der Waals surface area contributed by atoms with Crippen LogP contribution in [0.4, 0.5) is 0 Å². The van der Waals surface area contributed by atoms with Gasteiger partial charge in [-0.3, -0.25) is 0 Å². The zero-order chi connectivity index (χ0) is 9.71. The van der Waals surface area contributed by atoms with Gasteiger partial charge in [0.2, 0.25) is 0 Å². The standard InChI is InChI=1S/C12H11IS/c13-12(14)9-3-4-10-7-1-2-8(5-7)11(10)6-9/h3-4,6-8H,1-2,5H2. The molecule has 14 heavy (non-hydrogen) atoms. The molecule has 2 atom stereocenters. The molecule has 0 aliphatic heterocycles. The van der Waals surface area contributed by atoms with Crippen molar-refractivity contribution >= 4 is 37.7 Å². The Hall–Kier alpha value is 0.0400. The predicted octanol–water partition coefficient (Wildman–Crippen LogP) is 4.16. The summed E-state index contributed by atoms with van der Waals surface area (Å²) in [6.07, 6.45) is 4.20. The Balaban J connectivity index is 2.12. The molecule has 2 heteroatoms. The average molecular weight is 314 g/mol. The van der Waals surface area contributed by atoms with Crippen LogP contribution in [-0.2, 0) is 0 Å². The van der Waals surface area contributed by atoms with E-state index < -0.39 is 0 Å². The summed E-state index contributed by atoms with van der Waals surface area (Å²) in [5, 5.41) is 0. The molecule has 2 bridgehead atoms. The van der Waals surface area contributed by atoms with Gasteiger partial charge in [-0.15, -0.1) is 0 Å². The first kappa shape index (κ1) is 9.28. The smallest absolute Gasteiger partial charge is 0.0723 e. The quantitative estimate of drug-likeness (QED) is 0.426. The average Bonchev–Trinajstić information content (AvgIpc) is 2.77. The lowest BCUT2D eigenvalue weighted by Crippen LogP contribution is -1.99. The number of halogens is 1. The van der Waals surface area contributed by atoms with Gasteiger partial charge >= 0.3 is 0 Å². The molecule has 2 aliphatic rings. The van der Waals surface area contributed by atoms with Crippen molar-refractivity contribution in [2.24, 2.45) is 0 Å². The number of hydrogen-bond acceptors (Lipinski definition) is 1. The van der Waals surface area contributed by atoms with Gasteiger partial charge in [0.25, 0.3) is 0 Å². The molecule has 1 saturated carbocycles. The van der Waals surface area contributed by atoms with Crippen molar-refractivity contribution in [3.05, 3.63) is 34.9 Å². The molecule has 1 aromatic carbocycles. The van der Waals surface area contributed by atoms with Crippen molar-refractivity contribution < 1.29 is 0 Å². The minimum atomic E-state index is 0.848. The van der Waals surface area contributed by atoms with Crippen molar-refractivity contribution in [2.45, 2.75) is 31.1 Å². The fraction of sp³-hybridized carbons (Fsp3) is 0.417. The van der Waals surface area contributed by atoms with Crippen molar-refractivity contribution in [3.63, 3.8) is 0 Å². The highest BCUT2D eigenvalue weighted by molar-refractivity contribution is 14.1. The maximum atomic E-state index is 5.21. The summed E-state index contributed by atoms with van der Waals surface area (Å²) in [5.41, 5.74) is 4.45. The van der Waals surface area contributed by atoms with Gasteiger partial charge in [0, 0.05) is 0 Å². The zero-order valence-corrected chi connectivity index (χ0v) is 10.8. The minimum Gasteiger partial charge on any atom is -0.0723 e. The highest BCUT2D eigenvalue weighted by Crippen LogP contribution is 2.53. The topological polar surface area (TPSA) is 0 Å². The molecule has 0 heterocycles. The molecule has 1 fully saturated rings. The normalized spacial score (nSPS) is 27.8. The molecular formula is C12H11IS. The summed E-state index contributed by atoms with van der Waals surface area (Å²) in [7, 11) is 0. The van der Waals surface area contributed by atoms with Crippen LogP contribution in [0.2, 0.25) is 0 Å². The molecule has 0 nitrogen and oxygen atoms in total. The molecule has 0 amide bonds. The van der Waals surface area contributed by atoms with E-state index in [1.165, 1.54) is 24.8 Å². The van der Waals surface area contributed by atoms with Crippen molar-refractivity contribution in [1.82, 2.24) is 0 Å². The lowest BCUT2D eigenvalue weighted by molar-refractivity contribution is 0.717. The molecule has 0 N–H and O–H groups in total. The number of fused-ring (bicyclic) bond motifs is 5. The van der Waals surface area contributed by atoms with Crippen molar-refractivity contribution in [1.29, 1.82) is 0 Å². The SMILES string of the molecule is S=C(I)c1ccc2c(c1)C1CCC2C1. The molecule has 0 radical (unpaired) electrons. The second-order valence-electron chi connectivity index (χ2n) is 4.32. The van der Waals surface area contributed by atoms with Crippen LogP contribution >= 0.6 is 34.8 Å². The second-order valence-corrected chi connectivity index (χ2v) is 6.54. The van der Waals surface area contributed by atoms with Crippen molar-refractivity contribution in [3.8, 4) is 0 Å². The van der Waals surface area contributed by atoms with Crippen LogP contribution < -0.4 is 0 Å². The Morgan fingerprint density at radius 2 is 1.93 bits per heavy atom. The summed E-state index contributed by atoms with van der Waals surface area (Å²) in [6.45, 7) is 0. The van der Waals surface area contributed by atoms with E-state index in [0.717, 1.165) is 14.7 Å². The summed E-state index contributed by atoms with van der Waals surface area (Å²) >= 11 is 7.44. The van der Waals surface area contributed by atoms with Crippen LogP contribution in [0.15, 0.2) is 18.2 Å². The predicted molar refractivity (Wildman–Crippen MR) is 71.5 cm³/mol. The third kappa shape index (κ3) is 1.27. The first-order valence-electron chi connectivity index (χ1n) is 5.09. The zero-order valence-electron chi connectivity index (χ0n) is 7.79. The maximum absolute atomic E-state index is 5.21. The number of benzene rings is 1. The Morgan fingerprint density at radius 3 is 2.64 bits per heavy atom. The Morgan fingerprint density at radius 1 is 1.21 bits per heavy atom. The molecule has 2 unspecified atom stereocenters. The van der Waals surface area contributed by atoms with E-state index in [9.17, 15) is 0 Å². The molecule has 0 aromatic heterocycles. The lowest BCUT2D eigenvalue weighted by Gasteiger charge is -2.15. The largest absolute Gasteiger partial charge is 0.0832 e. The minimum absolute atomic E-state index is 0.848. The third-order valence-corrected chi connectivity index (χ3v) is 4.48. The summed E-state index contributed by atoms with van der Waals surface area (Å²) < 4.78 is 0.994. The van der Waals surface area contributed by atoms with E-state index in [-0.39, 0.29) is 0 Å². The van der Waals surface area contributed by atoms with Gasteiger partial charge in [0.15, 0.2) is 0 Å². The van der Waals surface area contributed by atoms with Gasteiger partial charge in [-0.2, -0.15) is 0 Å².